The van der Waals surface area contributed by atoms with Gasteiger partial charge in [-0.15, -0.1) is 0 Å². The fourth-order valence-corrected chi connectivity index (χ4v) is 0. The zero-order chi connectivity index (χ0) is 15.6. The van der Waals surface area contributed by atoms with E-state index in [1.807, 2.05) is 0 Å². The number of carboxylic acids is 3. The summed E-state index contributed by atoms with van der Waals surface area (Å²) < 4.78 is 4.53. The molecule has 0 spiro atoms. The third-order valence-corrected chi connectivity index (χ3v) is 0.524. The topological polar surface area (TPSA) is 121 Å². The molecule has 0 radical (unpaired) electrons. The van der Waals surface area contributed by atoms with Crippen molar-refractivity contribution in [3.05, 3.63) is 38.0 Å². The maximum absolute atomic E-state index is 9.25. The molecule has 0 rings (SSSR count). The van der Waals surface area contributed by atoms with Crippen molar-refractivity contribution in [2.45, 2.75) is 0 Å². The van der Waals surface area contributed by atoms with Gasteiger partial charge in [-0.3, -0.25) is 0 Å². The molecule has 0 aliphatic rings. The Morgan fingerprint density at radius 2 is 0.833 bits per heavy atom. The molecule has 3 N–H and O–H groups in total. The largest absolute Gasteiger partial charge is 0.478 e. The van der Waals surface area contributed by atoms with Crippen LogP contribution in [-0.2, 0) is 18.5 Å². The third-order valence-electron chi connectivity index (χ3n) is 0.524. The Hall–Kier alpha value is -1.98. The van der Waals surface area contributed by atoms with Crippen molar-refractivity contribution in [2.24, 2.45) is 0 Å². The van der Waals surface area contributed by atoms with Crippen LogP contribution < -0.4 is 0 Å². The van der Waals surface area contributed by atoms with Crippen molar-refractivity contribution < 1.29 is 33.8 Å². The molecule has 0 saturated carbocycles. The van der Waals surface area contributed by atoms with Crippen LogP contribution in [0.1, 0.15) is 0 Å². The van der Waals surface area contributed by atoms with Gasteiger partial charge in [0.25, 0.3) is 0 Å². The Bertz CT molecular complexity index is 233. The molecule has 0 aromatic carbocycles. The van der Waals surface area contributed by atoms with Crippen LogP contribution in [-0.4, -0.2) is 54.2 Å². The van der Waals surface area contributed by atoms with E-state index in [9.17, 15) is 14.4 Å². The van der Waals surface area contributed by atoms with Crippen LogP contribution in [0.5, 0.6) is 0 Å². The van der Waals surface area contributed by atoms with Gasteiger partial charge >= 0.3 is 17.9 Å². The first-order valence-electron chi connectivity index (χ1n) is 4.19. The number of hydrogen-bond acceptors (Lipinski definition) is 4. The zero-order valence-electron chi connectivity index (χ0n) is 10.3. The second-order valence-corrected chi connectivity index (χ2v) is 5.30. The lowest BCUT2D eigenvalue weighted by Gasteiger charge is -1.64. The molecule has 0 fully saturated rings. The van der Waals surface area contributed by atoms with Gasteiger partial charge in [-0.2, -0.15) is 0 Å². The average Bonchev–Trinajstić information content (AvgIpc) is 2.31. The monoisotopic (exact) mass is 294 g/mol. The Kier molecular flexibility index (Phi) is 33.8. The van der Waals surface area contributed by atoms with Crippen LogP contribution in [0.3, 0.4) is 0 Å². The van der Waals surface area contributed by atoms with Crippen molar-refractivity contribution in [1.29, 1.82) is 0 Å². The first-order chi connectivity index (χ1) is 8.22. The summed E-state index contributed by atoms with van der Waals surface area (Å²) in [6.45, 7) is 8.88. The summed E-state index contributed by atoms with van der Waals surface area (Å²) in [5.74, 6) is -2.94. The maximum atomic E-state index is 9.25. The van der Waals surface area contributed by atoms with E-state index >= 15 is 0 Å². The predicted molar refractivity (Wildman–Crippen MR) is 74.5 cm³/mol. The molecule has 0 bridgehead atoms. The van der Waals surface area contributed by atoms with Gasteiger partial charge in [0.15, 0.2) is 0 Å². The lowest BCUT2D eigenvalue weighted by atomic mass is 10.7. The lowest BCUT2D eigenvalue weighted by Crippen LogP contribution is -1.82. The molecular weight excluding hydrogens is 276 g/mol. The molecule has 18 heavy (non-hydrogen) atoms. The van der Waals surface area contributed by atoms with E-state index in [1.165, 1.54) is 0 Å². The van der Waals surface area contributed by atoms with Gasteiger partial charge in [-0.25, -0.2) is 14.4 Å². The fraction of sp³-hybridized carbons (Fsp3) is 0. The minimum Gasteiger partial charge on any atom is -0.478 e. The van der Waals surface area contributed by atoms with E-state index in [0.717, 1.165) is 39.2 Å². The number of aliphatic carboxylic acids is 3. The van der Waals surface area contributed by atoms with Crippen LogP contribution in [0.2, 0.25) is 0 Å². The summed E-state index contributed by atoms with van der Waals surface area (Å²) in [6, 6.07) is 0. The first-order valence-corrected chi connectivity index (χ1v) is 5.82. The van der Waals surface area contributed by atoms with Crippen molar-refractivity contribution in [1.82, 2.24) is 0 Å². The SMILES string of the molecule is C=CC(=O)O.C=CC(=O)O.C=CC(=O)O.[SiH3]O[SiH3]. The number of hydrogen-bond donors (Lipinski definition) is 3. The number of carbonyl (C=O) groups is 3. The molecule has 0 saturated heterocycles. The van der Waals surface area contributed by atoms with Crippen LogP contribution in [0.25, 0.3) is 0 Å². The molecule has 0 aliphatic carbocycles. The van der Waals surface area contributed by atoms with Gasteiger partial charge in [-0.05, 0) is 0 Å². The summed E-state index contributed by atoms with van der Waals surface area (Å²) in [4.78, 5) is 27.8. The summed E-state index contributed by atoms with van der Waals surface area (Å²) >= 11 is 0. The normalized spacial score (nSPS) is 6.67. The van der Waals surface area contributed by atoms with Crippen LogP contribution in [0.15, 0.2) is 38.0 Å². The predicted octanol–water partition coefficient (Wildman–Crippen LogP) is -1.67. The molecule has 0 unspecified atom stereocenters. The van der Waals surface area contributed by atoms with E-state index in [-0.39, 0.29) is 0 Å². The van der Waals surface area contributed by atoms with E-state index < -0.39 is 17.9 Å². The Morgan fingerprint density at radius 1 is 0.778 bits per heavy atom. The fourth-order valence-electron chi connectivity index (χ4n) is 0. The maximum Gasteiger partial charge on any atom is 0.327 e. The summed E-state index contributed by atoms with van der Waals surface area (Å²) in [7, 11) is 1.86. The smallest absolute Gasteiger partial charge is 0.327 e. The Balaban J connectivity index is -0.0000000739. The summed E-state index contributed by atoms with van der Waals surface area (Å²) in [5.41, 5.74) is 0. The Labute approximate surface area is 111 Å². The van der Waals surface area contributed by atoms with Crippen LogP contribution >= 0.6 is 0 Å². The van der Waals surface area contributed by atoms with E-state index in [2.05, 4.69) is 23.9 Å². The highest BCUT2D eigenvalue weighted by molar-refractivity contribution is 6.15. The van der Waals surface area contributed by atoms with Crippen LogP contribution in [0, 0.1) is 0 Å². The second kappa shape index (κ2) is 24.3. The molecule has 0 heterocycles. The Morgan fingerprint density at radius 3 is 0.833 bits per heavy atom. The number of rotatable bonds is 3. The minimum atomic E-state index is -0.981. The average molecular weight is 294 g/mol. The quantitative estimate of drug-likeness (QED) is 0.420. The summed E-state index contributed by atoms with van der Waals surface area (Å²) in [5, 5.41) is 22.8. The zero-order valence-corrected chi connectivity index (χ0v) is 14.3. The molecular formula is C9H18O7Si2. The van der Waals surface area contributed by atoms with Gasteiger partial charge in [0.2, 0.25) is 0 Å². The molecule has 0 aromatic rings. The van der Waals surface area contributed by atoms with E-state index in [4.69, 9.17) is 15.3 Å². The molecule has 9 heteroatoms. The van der Waals surface area contributed by atoms with E-state index in [1.54, 1.807) is 0 Å². The molecule has 0 atom stereocenters. The first kappa shape index (κ1) is 25.0. The van der Waals surface area contributed by atoms with Crippen molar-refractivity contribution in [2.75, 3.05) is 0 Å². The van der Waals surface area contributed by atoms with Crippen molar-refractivity contribution in [3.8, 4) is 0 Å². The standard InChI is InChI=1S/3C3H4O2.H6OSi2/c3*1-2-3(4)5;2-1-3/h3*2H,1H2,(H,4,5);2-3H3. The van der Waals surface area contributed by atoms with Gasteiger partial charge < -0.3 is 19.4 Å². The lowest BCUT2D eigenvalue weighted by molar-refractivity contribution is -0.132. The highest BCUT2D eigenvalue weighted by Gasteiger charge is 1.74. The number of carboxylic acid groups (broad SMARTS) is 3. The molecule has 0 aliphatic heterocycles. The summed E-state index contributed by atoms with van der Waals surface area (Å²) in [6.07, 6.45) is 2.50. The van der Waals surface area contributed by atoms with E-state index in [0.29, 0.717) is 0 Å². The van der Waals surface area contributed by atoms with Crippen molar-refractivity contribution in [3.63, 3.8) is 0 Å². The highest BCUT2D eigenvalue weighted by Crippen LogP contribution is 1.55. The van der Waals surface area contributed by atoms with Crippen molar-refractivity contribution >= 4 is 38.9 Å². The van der Waals surface area contributed by atoms with Gasteiger partial charge in [-0.1, -0.05) is 19.7 Å². The molecule has 0 aromatic heterocycles. The van der Waals surface area contributed by atoms with Crippen LogP contribution in [0.4, 0.5) is 0 Å². The minimum absolute atomic E-state index is 0.833. The van der Waals surface area contributed by atoms with Gasteiger partial charge in [0.05, 0.1) is 0 Å². The van der Waals surface area contributed by atoms with Gasteiger partial charge in [0.1, 0.15) is 21.0 Å². The molecule has 0 amide bonds. The molecule has 7 nitrogen and oxygen atoms in total. The second-order valence-electron chi connectivity index (χ2n) is 2.04. The highest BCUT2D eigenvalue weighted by atomic mass is 28.3. The molecule has 104 valence electrons. The van der Waals surface area contributed by atoms with Gasteiger partial charge in [0, 0.05) is 18.2 Å². The third kappa shape index (κ3) is 147.